The Morgan fingerprint density at radius 1 is 0.308 bits per heavy atom. The van der Waals surface area contributed by atoms with Crippen LogP contribution in [0.3, 0.4) is 0 Å². The molecule has 252 valence electrons. The molecule has 3 aliphatic rings. The molecule has 0 fully saturated rings. The minimum absolute atomic E-state index is 0.0717. The van der Waals surface area contributed by atoms with Crippen LogP contribution in [0, 0.1) is 0 Å². The maximum atomic E-state index is 2.53. The average molecular weight is 670 g/mol. The van der Waals surface area contributed by atoms with Crippen LogP contribution in [0.5, 0.6) is 0 Å². The van der Waals surface area contributed by atoms with Crippen molar-refractivity contribution in [2.45, 2.75) is 57.8 Å². The topological polar surface area (TPSA) is 3.24 Å². The van der Waals surface area contributed by atoms with E-state index in [1.165, 1.54) is 95.0 Å². The summed E-state index contributed by atoms with van der Waals surface area (Å²) in [7, 11) is 0. The molecule has 7 aromatic carbocycles. The van der Waals surface area contributed by atoms with Gasteiger partial charge in [-0.25, -0.2) is 0 Å². The quantitative estimate of drug-likeness (QED) is 0.180. The molecule has 0 saturated heterocycles. The molecule has 1 nitrogen and oxygen atoms in total. The van der Waals surface area contributed by atoms with Crippen molar-refractivity contribution >= 4 is 17.1 Å². The number of fused-ring (bicyclic) bond motifs is 9. The molecule has 0 amide bonds. The maximum absolute atomic E-state index is 2.53. The molecule has 0 aromatic heterocycles. The average Bonchev–Trinajstić information content (AvgIpc) is 3.65. The van der Waals surface area contributed by atoms with E-state index in [2.05, 4.69) is 198 Å². The second-order valence-corrected chi connectivity index (χ2v) is 16.6. The standard InChI is InChI=1S/C51H43N/c1-49(2)43-23-13-9-19-40(43)48-39(20-15-24-44(48)49)38-18-10-14-25-47(38)52(32-26-28-36-34-16-7-11-21-41(34)50(3,4)45(36)30-32)33-27-29-37-35-17-8-12-22-42(35)51(5,6)46(37)31-33/h7-31H,1-6H3. The van der Waals surface area contributed by atoms with E-state index in [1.807, 2.05) is 0 Å². The first-order valence-corrected chi connectivity index (χ1v) is 18.7. The lowest BCUT2D eigenvalue weighted by Gasteiger charge is -2.31. The van der Waals surface area contributed by atoms with Crippen molar-refractivity contribution in [3.63, 3.8) is 0 Å². The van der Waals surface area contributed by atoms with Gasteiger partial charge >= 0.3 is 0 Å². The van der Waals surface area contributed by atoms with E-state index < -0.39 is 0 Å². The molecule has 52 heavy (non-hydrogen) atoms. The Morgan fingerprint density at radius 2 is 0.692 bits per heavy atom. The Labute approximate surface area is 308 Å². The zero-order valence-corrected chi connectivity index (χ0v) is 30.9. The predicted octanol–water partition coefficient (Wildman–Crippen LogP) is 13.7. The van der Waals surface area contributed by atoms with Gasteiger partial charge in [-0.05, 0) is 103 Å². The first-order valence-electron chi connectivity index (χ1n) is 18.7. The monoisotopic (exact) mass is 669 g/mol. The third-order valence-electron chi connectivity index (χ3n) is 12.7. The van der Waals surface area contributed by atoms with E-state index in [-0.39, 0.29) is 16.2 Å². The number of hydrogen-bond donors (Lipinski definition) is 0. The van der Waals surface area contributed by atoms with Crippen molar-refractivity contribution in [2.24, 2.45) is 0 Å². The molecule has 0 bridgehead atoms. The smallest absolute Gasteiger partial charge is 0.0540 e. The summed E-state index contributed by atoms with van der Waals surface area (Å²) in [6.45, 7) is 14.2. The van der Waals surface area contributed by atoms with Gasteiger partial charge in [0.25, 0.3) is 0 Å². The van der Waals surface area contributed by atoms with Crippen LogP contribution in [0.4, 0.5) is 17.1 Å². The minimum atomic E-state index is -0.107. The number of para-hydroxylation sites is 1. The maximum Gasteiger partial charge on any atom is 0.0540 e. The lowest BCUT2D eigenvalue weighted by Crippen LogP contribution is -2.18. The van der Waals surface area contributed by atoms with Crippen LogP contribution in [0.25, 0.3) is 44.5 Å². The highest BCUT2D eigenvalue weighted by Gasteiger charge is 2.39. The Bertz CT molecular complexity index is 2510. The van der Waals surface area contributed by atoms with Gasteiger partial charge < -0.3 is 4.90 Å². The number of hydrogen-bond acceptors (Lipinski definition) is 1. The summed E-state index contributed by atoms with van der Waals surface area (Å²) in [5.41, 5.74) is 22.1. The van der Waals surface area contributed by atoms with Gasteiger partial charge in [-0.1, -0.05) is 163 Å². The second kappa shape index (κ2) is 10.7. The van der Waals surface area contributed by atoms with Gasteiger partial charge in [0.05, 0.1) is 5.69 Å². The zero-order valence-electron chi connectivity index (χ0n) is 30.9. The molecule has 7 aromatic rings. The molecule has 0 saturated carbocycles. The Hall–Kier alpha value is -5.66. The third kappa shape index (κ3) is 4.11. The lowest BCUT2D eigenvalue weighted by atomic mass is 9.81. The molecule has 1 heteroatoms. The van der Waals surface area contributed by atoms with E-state index in [0.29, 0.717) is 0 Å². The predicted molar refractivity (Wildman–Crippen MR) is 219 cm³/mol. The highest BCUT2D eigenvalue weighted by atomic mass is 15.1. The number of nitrogens with zero attached hydrogens (tertiary/aromatic N) is 1. The van der Waals surface area contributed by atoms with Crippen LogP contribution < -0.4 is 4.90 Å². The second-order valence-electron chi connectivity index (χ2n) is 16.6. The van der Waals surface area contributed by atoms with Crippen molar-refractivity contribution in [1.82, 2.24) is 0 Å². The van der Waals surface area contributed by atoms with E-state index in [0.717, 1.165) is 0 Å². The van der Waals surface area contributed by atoms with Gasteiger partial charge in [0, 0.05) is 33.2 Å². The van der Waals surface area contributed by atoms with Crippen molar-refractivity contribution in [3.05, 3.63) is 185 Å². The summed E-state index contributed by atoms with van der Waals surface area (Å²) in [4.78, 5) is 2.53. The fraction of sp³-hybridized carbons (Fsp3) is 0.176. The summed E-state index contributed by atoms with van der Waals surface area (Å²) < 4.78 is 0. The van der Waals surface area contributed by atoms with E-state index in [9.17, 15) is 0 Å². The largest absolute Gasteiger partial charge is 0.310 e. The summed E-state index contributed by atoms with van der Waals surface area (Å²) in [6, 6.07) is 57.2. The summed E-state index contributed by atoms with van der Waals surface area (Å²) in [5, 5.41) is 0. The van der Waals surface area contributed by atoms with Crippen molar-refractivity contribution < 1.29 is 0 Å². The van der Waals surface area contributed by atoms with Crippen LogP contribution in [-0.2, 0) is 16.2 Å². The van der Waals surface area contributed by atoms with Crippen molar-refractivity contribution in [3.8, 4) is 44.5 Å². The molecule has 10 rings (SSSR count). The van der Waals surface area contributed by atoms with E-state index in [4.69, 9.17) is 0 Å². The van der Waals surface area contributed by atoms with E-state index >= 15 is 0 Å². The fourth-order valence-corrected chi connectivity index (χ4v) is 9.97. The van der Waals surface area contributed by atoms with Crippen molar-refractivity contribution in [1.29, 1.82) is 0 Å². The van der Waals surface area contributed by atoms with Crippen molar-refractivity contribution in [2.75, 3.05) is 4.90 Å². The molecule has 0 N–H and O–H groups in total. The van der Waals surface area contributed by atoms with Crippen LogP contribution in [-0.4, -0.2) is 0 Å². The first kappa shape index (κ1) is 31.1. The Balaban J connectivity index is 1.23. The Kier molecular flexibility index (Phi) is 6.39. The zero-order chi connectivity index (χ0) is 35.6. The van der Waals surface area contributed by atoms with E-state index in [1.54, 1.807) is 0 Å². The van der Waals surface area contributed by atoms with Gasteiger partial charge in [0.15, 0.2) is 0 Å². The number of benzene rings is 7. The molecule has 0 atom stereocenters. The summed E-state index contributed by atoms with van der Waals surface area (Å²) in [6.07, 6.45) is 0. The number of rotatable bonds is 4. The molecular formula is C51H43N. The highest BCUT2D eigenvalue weighted by Crippen LogP contribution is 2.56. The van der Waals surface area contributed by atoms with Crippen LogP contribution in [0.1, 0.15) is 74.9 Å². The SMILES string of the molecule is CC1(C)c2ccccc2-c2ccc(N(c3ccc4c(c3)C(C)(C)c3ccccc3-4)c3ccccc3-c3cccc4c3-c3ccccc3C4(C)C)cc21. The fourth-order valence-electron chi connectivity index (χ4n) is 9.97. The van der Waals surface area contributed by atoms with Crippen LogP contribution in [0.2, 0.25) is 0 Å². The van der Waals surface area contributed by atoms with Gasteiger partial charge in [-0.3, -0.25) is 0 Å². The molecular weight excluding hydrogens is 627 g/mol. The number of anilines is 3. The highest BCUT2D eigenvalue weighted by molar-refractivity contribution is 5.99. The van der Waals surface area contributed by atoms with Gasteiger partial charge in [-0.2, -0.15) is 0 Å². The van der Waals surface area contributed by atoms with Gasteiger partial charge in [0.1, 0.15) is 0 Å². The van der Waals surface area contributed by atoms with Crippen LogP contribution in [0.15, 0.2) is 152 Å². The molecule has 0 radical (unpaired) electrons. The normalized spacial score (nSPS) is 16.0. The molecule has 0 aliphatic heterocycles. The molecule has 0 heterocycles. The lowest BCUT2D eigenvalue weighted by molar-refractivity contribution is 0.660. The van der Waals surface area contributed by atoms with Crippen LogP contribution >= 0.6 is 0 Å². The summed E-state index contributed by atoms with van der Waals surface area (Å²) in [5.74, 6) is 0. The third-order valence-corrected chi connectivity index (χ3v) is 12.7. The van der Waals surface area contributed by atoms with Gasteiger partial charge in [-0.15, -0.1) is 0 Å². The first-order chi connectivity index (χ1) is 25.1. The molecule has 0 unspecified atom stereocenters. The summed E-state index contributed by atoms with van der Waals surface area (Å²) >= 11 is 0. The molecule has 3 aliphatic carbocycles. The van der Waals surface area contributed by atoms with Gasteiger partial charge in [0.2, 0.25) is 0 Å². The minimum Gasteiger partial charge on any atom is -0.310 e. The molecule has 0 spiro atoms. The Morgan fingerprint density at radius 3 is 1.25 bits per heavy atom.